The summed E-state index contributed by atoms with van der Waals surface area (Å²) in [6, 6.07) is 3.17. The van der Waals surface area contributed by atoms with Gasteiger partial charge in [-0.25, -0.2) is 0 Å². The van der Waals surface area contributed by atoms with Gasteiger partial charge in [0.15, 0.2) is 0 Å². The summed E-state index contributed by atoms with van der Waals surface area (Å²) < 4.78 is 0. The third-order valence-electron chi connectivity index (χ3n) is 3.26. The van der Waals surface area contributed by atoms with Crippen molar-refractivity contribution in [3.05, 3.63) is 29.1 Å². The van der Waals surface area contributed by atoms with E-state index in [1.165, 1.54) is 0 Å². The summed E-state index contributed by atoms with van der Waals surface area (Å²) in [5, 5.41) is 43.0. The number of aliphatic carboxylic acids is 4. The van der Waals surface area contributed by atoms with Crippen LogP contribution in [0.2, 0.25) is 0 Å². The van der Waals surface area contributed by atoms with Gasteiger partial charge in [-0.15, -0.1) is 0 Å². The highest BCUT2D eigenvalue weighted by molar-refractivity contribution is 5.70. The largest absolute Gasteiger partial charge is 0.549 e. The van der Waals surface area contributed by atoms with Gasteiger partial charge in [0.25, 0.3) is 0 Å². The zero-order valence-corrected chi connectivity index (χ0v) is 14.5. The Hall–Kier alpha value is -3.05. The molecule has 1 heterocycles. The van der Waals surface area contributed by atoms with Gasteiger partial charge in [-0.2, -0.15) is 0 Å². The second kappa shape index (κ2) is 10.2. The van der Waals surface area contributed by atoms with Crippen molar-refractivity contribution in [1.82, 2.24) is 14.8 Å². The van der Waals surface area contributed by atoms with Crippen LogP contribution in [0.1, 0.15) is 17.0 Å². The Morgan fingerprint density at radius 3 is 1.30 bits per heavy atom. The second-order valence-electron chi connectivity index (χ2n) is 5.91. The van der Waals surface area contributed by atoms with Gasteiger partial charge in [0.1, 0.15) is 0 Å². The Balaban J connectivity index is 2.99. The Labute approximate surface area is 154 Å². The number of rotatable bonds is 12. The molecule has 0 aromatic carbocycles. The van der Waals surface area contributed by atoms with Crippen molar-refractivity contribution in [3.8, 4) is 0 Å². The van der Waals surface area contributed by atoms with E-state index in [-0.39, 0.29) is 13.1 Å². The van der Waals surface area contributed by atoms with Crippen molar-refractivity contribution >= 4 is 23.9 Å². The Morgan fingerprint density at radius 1 is 0.741 bits per heavy atom. The maximum atomic E-state index is 10.7. The number of hydrogen-bond acceptors (Lipinski definition) is 11. The lowest BCUT2D eigenvalue weighted by Crippen LogP contribution is -2.44. The van der Waals surface area contributed by atoms with Gasteiger partial charge in [0, 0.05) is 39.3 Å². The van der Waals surface area contributed by atoms with Crippen LogP contribution >= 0.6 is 0 Å². The zero-order chi connectivity index (χ0) is 20.6. The van der Waals surface area contributed by atoms with Crippen LogP contribution in [0.4, 0.5) is 0 Å². The molecule has 0 unspecified atom stereocenters. The van der Waals surface area contributed by atoms with Crippen LogP contribution in [-0.2, 0) is 32.3 Å². The number of aryl methyl sites for hydroxylation is 1. The standard InChI is InChI=1S/C16H21N3O8/c1-10-2-11(4-18(6-13(20)21)7-14(22)23)17-12(3-10)5-19(8-15(24)25)9-16(26)27/h2-3H,4-9H2,1H3,(H,20,21)(H,22,23)(H,24,25)(H,26,27)/p-4. The average Bonchev–Trinajstić information content (AvgIpc) is 2.42. The number of carboxylic acids is 4. The number of carbonyl (C=O) groups excluding carboxylic acids is 4. The summed E-state index contributed by atoms with van der Waals surface area (Å²) >= 11 is 0. The molecule has 0 amide bonds. The zero-order valence-electron chi connectivity index (χ0n) is 14.5. The molecule has 0 N–H and O–H groups in total. The van der Waals surface area contributed by atoms with Crippen molar-refractivity contribution in [3.63, 3.8) is 0 Å². The predicted molar refractivity (Wildman–Crippen MR) is 79.6 cm³/mol. The van der Waals surface area contributed by atoms with Crippen LogP contribution in [-0.4, -0.2) is 64.8 Å². The normalized spacial score (nSPS) is 10.9. The second-order valence-corrected chi connectivity index (χ2v) is 5.91. The van der Waals surface area contributed by atoms with Gasteiger partial charge in [-0.3, -0.25) is 14.8 Å². The summed E-state index contributed by atoms with van der Waals surface area (Å²) in [5.74, 6) is -5.90. The molecule has 0 spiro atoms. The lowest BCUT2D eigenvalue weighted by atomic mass is 10.2. The van der Waals surface area contributed by atoms with Crippen molar-refractivity contribution in [2.75, 3.05) is 26.2 Å². The maximum absolute atomic E-state index is 10.7. The Bertz CT molecular complexity index is 633. The summed E-state index contributed by atoms with van der Waals surface area (Å²) in [6.45, 7) is -1.20. The first-order valence-electron chi connectivity index (χ1n) is 7.75. The highest BCUT2D eigenvalue weighted by Gasteiger charge is 2.12. The molecule has 0 atom stereocenters. The van der Waals surface area contributed by atoms with E-state index in [1.54, 1.807) is 19.1 Å². The van der Waals surface area contributed by atoms with E-state index in [0.717, 1.165) is 9.80 Å². The van der Waals surface area contributed by atoms with E-state index in [0.29, 0.717) is 17.0 Å². The number of nitrogens with zero attached hydrogens (tertiary/aromatic N) is 3. The highest BCUT2D eigenvalue weighted by atomic mass is 16.4. The summed E-state index contributed by atoms with van der Waals surface area (Å²) in [7, 11) is 0. The molecule has 0 aliphatic rings. The van der Waals surface area contributed by atoms with Crippen molar-refractivity contribution in [1.29, 1.82) is 0 Å². The van der Waals surface area contributed by atoms with Crippen molar-refractivity contribution < 1.29 is 39.6 Å². The Morgan fingerprint density at radius 2 is 1.04 bits per heavy atom. The molecule has 27 heavy (non-hydrogen) atoms. The van der Waals surface area contributed by atoms with E-state index in [9.17, 15) is 39.6 Å². The van der Waals surface area contributed by atoms with Crippen LogP contribution in [0.15, 0.2) is 12.1 Å². The molecule has 11 nitrogen and oxygen atoms in total. The summed E-state index contributed by atoms with van der Waals surface area (Å²) in [6.07, 6.45) is 0. The highest BCUT2D eigenvalue weighted by Crippen LogP contribution is 2.10. The molecule has 0 fully saturated rings. The fraction of sp³-hybridized carbons (Fsp3) is 0.438. The molecule has 0 saturated carbocycles. The first kappa shape index (κ1) is 22.0. The molecule has 1 aromatic rings. The molecule has 11 heteroatoms. The molecule has 0 aliphatic carbocycles. The monoisotopic (exact) mass is 379 g/mol. The van der Waals surface area contributed by atoms with Crippen molar-refractivity contribution in [2.45, 2.75) is 20.0 Å². The SMILES string of the molecule is Cc1cc(CN(CC(=O)[O-])CC(=O)[O-])nc(CN(CC(=O)[O-])CC(=O)[O-])c1. The summed E-state index contributed by atoms with van der Waals surface area (Å²) in [5.41, 5.74) is 1.31. The molecule has 0 saturated heterocycles. The van der Waals surface area contributed by atoms with E-state index >= 15 is 0 Å². The molecule has 0 radical (unpaired) electrons. The van der Waals surface area contributed by atoms with Gasteiger partial charge < -0.3 is 39.6 Å². The maximum Gasteiger partial charge on any atom is 0.0555 e. The van der Waals surface area contributed by atoms with Crippen LogP contribution in [0.25, 0.3) is 0 Å². The number of aromatic nitrogens is 1. The minimum absolute atomic E-state index is 0.141. The minimum atomic E-state index is -1.47. The smallest absolute Gasteiger partial charge is 0.0555 e. The van der Waals surface area contributed by atoms with E-state index in [1.807, 2.05) is 0 Å². The Kier molecular flexibility index (Phi) is 8.30. The van der Waals surface area contributed by atoms with Crippen LogP contribution in [0.5, 0.6) is 0 Å². The molecule has 1 rings (SSSR count). The predicted octanol–water partition coefficient (Wildman–Crippen LogP) is -6.01. The molecule has 1 aromatic heterocycles. The van der Waals surface area contributed by atoms with Gasteiger partial charge in [-0.1, -0.05) is 0 Å². The minimum Gasteiger partial charge on any atom is -0.549 e. The van der Waals surface area contributed by atoms with Gasteiger partial charge >= 0.3 is 0 Å². The van der Waals surface area contributed by atoms with E-state index in [2.05, 4.69) is 4.98 Å². The lowest BCUT2D eigenvalue weighted by Gasteiger charge is -2.25. The molecular weight excluding hydrogens is 362 g/mol. The third kappa shape index (κ3) is 9.28. The van der Waals surface area contributed by atoms with Crippen LogP contribution in [0, 0.1) is 6.92 Å². The van der Waals surface area contributed by atoms with Crippen molar-refractivity contribution in [2.24, 2.45) is 0 Å². The third-order valence-corrected chi connectivity index (χ3v) is 3.26. The summed E-state index contributed by atoms with van der Waals surface area (Å²) in [4.78, 5) is 49.3. The van der Waals surface area contributed by atoms with Gasteiger partial charge in [0.05, 0.1) is 35.3 Å². The van der Waals surface area contributed by atoms with Gasteiger partial charge in [-0.05, 0) is 24.6 Å². The van der Waals surface area contributed by atoms with Crippen LogP contribution in [0.3, 0.4) is 0 Å². The fourth-order valence-electron chi connectivity index (χ4n) is 2.50. The number of hydrogen-bond donors (Lipinski definition) is 0. The number of carbonyl (C=O) groups is 4. The lowest BCUT2D eigenvalue weighted by molar-refractivity contribution is -0.313. The van der Waals surface area contributed by atoms with Crippen LogP contribution < -0.4 is 20.4 Å². The number of carboxylic acid groups (broad SMARTS) is 4. The number of pyridine rings is 1. The molecule has 0 aliphatic heterocycles. The topological polar surface area (TPSA) is 180 Å². The first-order chi connectivity index (χ1) is 12.5. The average molecular weight is 379 g/mol. The van der Waals surface area contributed by atoms with E-state index < -0.39 is 50.1 Å². The fourth-order valence-corrected chi connectivity index (χ4v) is 2.50. The van der Waals surface area contributed by atoms with E-state index in [4.69, 9.17) is 0 Å². The molecule has 0 bridgehead atoms. The first-order valence-corrected chi connectivity index (χ1v) is 7.75. The van der Waals surface area contributed by atoms with Gasteiger partial charge in [0.2, 0.25) is 0 Å². The molecular formula is C16H17N3O8-4. The quantitative estimate of drug-likeness (QED) is 0.337. The molecule has 148 valence electrons.